The van der Waals surface area contributed by atoms with E-state index in [0.29, 0.717) is 5.92 Å². The van der Waals surface area contributed by atoms with Gasteiger partial charge < -0.3 is 10.0 Å². The second-order valence-electron chi connectivity index (χ2n) is 14.7. The Labute approximate surface area is 227 Å². The number of aliphatic hydroxyl groups is 1. The lowest BCUT2D eigenvalue weighted by Crippen LogP contribution is -2.54. The topological polar surface area (TPSA) is 69.6 Å². The molecular formula is C31H52N2O3S. The number of rotatable bonds is 7. The fourth-order valence-electron chi connectivity index (χ4n) is 5.59. The molecule has 1 aliphatic carbocycles. The van der Waals surface area contributed by atoms with Crippen LogP contribution in [0.4, 0.5) is 0 Å². The third kappa shape index (κ3) is 7.19. The predicted octanol–water partition coefficient (Wildman–Crippen LogP) is 6.36. The summed E-state index contributed by atoms with van der Waals surface area (Å²) in [4.78, 5) is 2.38. The van der Waals surface area contributed by atoms with Crippen LogP contribution >= 0.6 is 0 Å². The van der Waals surface area contributed by atoms with Gasteiger partial charge >= 0.3 is 0 Å². The second kappa shape index (κ2) is 10.3. The van der Waals surface area contributed by atoms with Crippen LogP contribution in [0.3, 0.4) is 0 Å². The highest BCUT2D eigenvalue weighted by atomic mass is 32.2. The zero-order valence-corrected chi connectivity index (χ0v) is 25.8. The zero-order chi connectivity index (χ0) is 28.0. The Morgan fingerprint density at radius 2 is 1.43 bits per heavy atom. The van der Waals surface area contributed by atoms with E-state index in [1.165, 1.54) is 43.2 Å². The summed E-state index contributed by atoms with van der Waals surface area (Å²) >= 11 is 0. The molecule has 2 aliphatic rings. The number of benzene rings is 1. The predicted molar refractivity (Wildman–Crippen MR) is 156 cm³/mol. The average molecular weight is 533 g/mol. The van der Waals surface area contributed by atoms with Crippen molar-refractivity contribution in [3.05, 3.63) is 41.0 Å². The molecule has 3 rings (SSSR count). The Kier molecular flexibility index (Phi) is 8.41. The van der Waals surface area contributed by atoms with Gasteiger partial charge in [0.05, 0.1) is 11.1 Å². The average Bonchev–Trinajstić information content (AvgIpc) is 3.02. The molecular weight excluding hydrogens is 480 g/mol. The van der Waals surface area contributed by atoms with Crippen molar-refractivity contribution >= 4 is 15.7 Å². The van der Waals surface area contributed by atoms with E-state index in [9.17, 15) is 13.5 Å². The summed E-state index contributed by atoms with van der Waals surface area (Å²) in [5.41, 5.74) is 2.84. The molecule has 2 N–H and O–H groups in total. The maximum atomic E-state index is 13.7. The molecule has 0 saturated heterocycles. The van der Waals surface area contributed by atoms with Gasteiger partial charge in [0.1, 0.15) is 5.25 Å². The molecule has 1 atom stereocenters. The molecule has 1 aliphatic heterocycles. The van der Waals surface area contributed by atoms with Crippen molar-refractivity contribution in [1.29, 1.82) is 0 Å². The van der Waals surface area contributed by atoms with E-state index in [1.54, 1.807) is 13.8 Å². The number of nitrogens with zero attached hydrogens (tertiary/aromatic N) is 1. The summed E-state index contributed by atoms with van der Waals surface area (Å²) in [7, 11) is -3.72. The first-order chi connectivity index (χ1) is 16.7. The third-order valence-electron chi connectivity index (χ3n) is 8.16. The van der Waals surface area contributed by atoms with Gasteiger partial charge in [-0.1, -0.05) is 66.9 Å². The Morgan fingerprint density at radius 1 is 0.919 bits per heavy atom. The lowest BCUT2D eigenvalue weighted by Gasteiger charge is -2.42. The third-order valence-corrected chi connectivity index (χ3v) is 10.1. The molecule has 0 radical (unpaired) electrons. The number of sulfonamides is 1. The van der Waals surface area contributed by atoms with Gasteiger partial charge in [-0.2, -0.15) is 0 Å². The van der Waals surface area contributed by atoms with E-state index in [2.05, 4.69) is 83.2 Å². The largest absolute Gasteiger partial charge is 0.389 e. The summed E-state index contributed by atoms with van der Waals surface area (Å²) in [6.07, 6.45) is 8.17. The molecule has 0 amide bonds. The van der Waals surface area contributed by atoms with Gasteiger partial charge in [0, 0.05) is 18.8 Å². The van der Waals surface area contributed by atoms with Crippen molar-refractivity contribution in [2.24, 2.45) is 5.92 Å². The molecule has 0 spiro atoms. The van der Waals surface area contributed by atoms with E-state index in [4.69, 9.17) is 0 Å². The van der Waals surface area contributed by atoms with Crippen molar-refractivity contribution in [3.63, 3.8) is 0 Å². The van der Waals surface area contributed by atoms with Crippen molar-refractivity contribution in [3.8, 4) is 0 Å². The van der Waals surface area contributed by atoms with Crippen LogP contribution in [0, 0.1) is 5.92 Å². The highest BCUT2D eigenvalue weighted by Crippen LogP contribution is 2.44. The van der Waals surface area contributed by atoms with Crippen LogP contribution in [0.5, 0.6) is 0 Å². The quantitative estimate of drug-likeness (QED) is 0.429. The molecule has 1 aromatic rings. The van der Waals surface area contributed by atoms with Crippen LogP contribution in [0.2, 0.25) is 0 Å². The monoisotopic (exact) mass is 532 g/mol. The van der Waals surface area contributed by atoms with Crippen LogP contribution in [0.15, 0.2) is 24.3 Å². The molecule has 6 heteroatoms. The first-order valence-corrected chi connectivity index (χ1v) is 15.6. The van der Waals surface area contributed by atoms with Gasteiger partial charge in [-0.05, 0) is 92.2 Å². The van der Waals surface area contributed by atoms with Crippen LogP contribution < -0.4 is 4.72 Å². The molecule has 0 bridgehead atoms. The van der Waals surface area contributed by atoms with E-state index in [1.807, 2.05) is 6.08 Å². The number of nitrogens with one attached hydrogen (secondary N) is 1. The van der Waals surface area contributed by atoms with Crippen molar-refractivity contribution in [2.75, 3.05) is 13.1 Å². The molecule has 1 saturated carbocycles. The van der Waals surface area contributed by atoms with E-state index in [-0.39, 0.29) is 17.4 Å². The van der Waals surface area contributed by atoms with Crippen molar-refractivity contribution in [2.45, 2.75) is 129 Å². The fourth-order valence-corrected chi connectivity index (χ4v) is 7.52. The molecule has 0 aromatic heterocycles. The number of hydrogen-bond donors (Lipinski definition) is 2. The highest BCUT2D eigenvalue weighted by Gasteiger charge is 2.49. The van der Waals surface area contributed by atoms with Gasteiger partial charge in [-0.15, -0.1) is 0 Å². The standard InChI is InChI=1S/C31H52N2O3S/c1-28(2,3)24-16-23(17-25(18-24)29(4,5)6)26-19-27(37(35,36)32-21-30(7,8)34)31(9,10)33(26)20-22-14-12-11-13-15-22/h16-19,22,27,32,34H,11-15,20-21H2,1-10H3. The minimum atomic E-state index is -3.72. The summed E-state index contributed by atoms with van der Waals surface area (Å²) in [5, 5.41) is 9.49. The molecule has 37 heavy (non-hydrogen) atoms. The van der Waals surface area contributed by atoms with Crippen molar-refractivity contribution < 1.29 is 13.5 Å². The summed E-state index contributed by atoms with van der Waals surface area (Å²) in [5.74, 6) is 0.565. The second-order valence-corrected chi connectivity index (χ2v) is 16.6. The molecule has 1 unspecified atom stereocenters. The Balaban J connectivity index is 2.15. The Morgan fingerprint density at radius 3 is 1.89 bits per heavy atom. The Hall–Kier alpha value is -1.37. The molecule has 1 heterocycles. The fraction of sp³-hybridized carbons (Fsp3) is 0.742. The molecule has 210 valence electrons. The number of hydrogen-bond acceptors (Lipinski definition) is 4. The normalized spacial score (nSPS) is 21.9. The summed E-state index contributed by atoms with van der Waals surface area (Å²) < 4.78 is 30.1. The van der Waals surface area contributed by atoms with Crippen LogP contribution in [0.25, 0.3) is 5.70 Å². The van der Waals surface area contributed by atoms with Crippen LogP contribution in [-0.2, 0) is 20.9 Å². The first-order valence-electron chi connectivity index (χ1n) is 14.1. The molecule has 1 aromatic carbocycles. The van der Waals surface area contributed by atoms with Gasteiger partial charge in [0.15, 0.2) is 0 Å². The first kappa shape index (κ1) is 30.2. The summed E-state index contributed by atoms with van der Waals surface area (Å²) in [6.45, 7) is 21.6. The van der Waals surface area contributed by atoms with Gasteiger partial charge in [-0.25, -0.2) is 13.1 Å². The lowest BCUT2D eigenvalue weighted by atomic mass is 9.79. The lowest BCUT2D eigenvalue weighted by molar-refractivity contribution is 0.0854. The van der Waals surface area contributed by atoms with Crippen LogP contribution in [0.1, 0.15) is 118 Å². The highest BCUT2D eigenvalue weighted by molar-refractivity contribution is 7.90. The summed E-state index contributed by atoms with van der Waals surface area (Å²) in [6, 6.07) is 6.85. The maximum Gasteiger partial charge on any atom is 0.220 e. The maximum absolute atomic E-state index is 13.7. The molecule has 1 fully saturated rings. The van der Waals surface area contributed by atoms with Crippen molar-refractivity contribution in [1.82, 2.24) is 9.62 Å². The SMILES string of the molecule is CC(C)(O)CNS(=O)(=O)C1C=C(c2cc(C(C)(C)C)cc(C(C)(C)C)c2)N(CC2CCCCC2)C1(C)C. The van der Waals surface area contributed by atoms with E-state index in [0.717, 1.165) is 17.8 Å². The van der Waals surface area contributed by atoms with E-state index >= 15 is 0 Å². The zero-order valence-electron chi connectivity index (χ0n) is 25.0. The van der Waals surface area contributed by atoms with Crippen LogP contribution in [-0.4, -0.2) is 47.9 Å². The minimum absolute atomic E-state index is 0.0125. The van der Waals surface area contributed by atoms with Gasteiger partial charge in [-0.3, -0.25) is 0 Å². The minimum Gasteiger partial charge on any atom is -0.389 e. The van der Waals surface area contributed by atoms with Gasteiger partial charge in [0.2, 0.25) is 10.0 Å². The smallest absolute Gasteiger partial charge is 0.220 e. The van der Waals surface area contributed by atoms with Gasteiger partial charge in [0.25, 0.3) is 0 Å². The van der Waals surface area contributed by atoms with E-state index < -0.39 is 26.4 Å². The molecule has 5 nitrogen and oxygen atoms in total. The Bertz CT molecular complexity index is 1060.